The van der Waals surface area contributed by atoms with Crippen LogP contribution in [0, 0.1) is 0 Å². The van der Waals surface area contributed by atoms with Crippen molar-refractivity contribution in [1.29, 1.82) is 0 Å². The number of halogens is 3. The fourth-order valence-corrected chi connectivity index (χ4v) is 3.45. The van der Waals surface area contributed by atoms with Crippen molar-refractivity contribution in [3.8, 4) is 0 Å². The molecule has 0 aliphatic rings. The SMILES string of the molecule is C[Si](C)(/C=C/C[B-](F)(F)F)c1ccccc1.[K+]. The van der Waals surface area contributed by atoms with E-state index in [-0.39, 0.29) is 51.4 Å². The molecule has 88 valence electrons. The van der Waals surface area contributed by atoms with Crippen molar-refractivity contribution >= 4 is 20.2 Å². The summed E-state index contributed by atoms with van der Waals surface area (Å²) >= 11 is 0. The van der Waals surface area contributed by atoms with E-state index in [0.717, 1.165) is 5.19 Å². The third-order valence-electron chi connectivity index (χ3n) is 2.46. The van der Waals surface area contributed by atoms with Crippen LogP contribution in [-0.4, -0.2) is 15.1 Å². The number of rotatable bonds is 4. The minimum absolute atomic E-state index is 0. The van der Waals surface area contributed by atoms with E-state index < -0.39 is 21.4 Å². The van der Waals surface area contributed by atoms with Gasteiger partial charge >= 0.3 is 58.4 Å². The molecule has 0 spiro atoms. The van der Waals surface area contributed by atoms with E-state index >= 15 is 0 Å². The molecular formula is C11H15BF3KSi. The molecule has 0 amide bonds. The summed E-state index contributed by atoms with van der Waals surface area (Å²) in [6, 6.07) is 9.72. The minimum atomic E-state index is -4.69. The largest absolute Gasteiger partial charge is 1.00 e. The summed E-state index contributed by atoms with van der Waals surface area (Å²) in [4.78, 5) is 0. The zero-order valence-corrected chi connectivity index (χ0v) is 14.6. The van der Waals surface area contributed by atoms with Crippen molar-refractivity contribution in [2.45, 2.75) is 19.4 Å². The van der Waals surface area contributed by atoms with E-state index in [1.807, 2.05) is 43.4 Å². The first-order chi connectivity index (χ1) is 7.31. The number of benzene rings is 1. The predicted octanol–water partition coefficient (Wildman–Crippen LogP) is 0.549. The maximum atomic E-state index is 12.1. The van der Waals surface area contributed by atoms with Crippen molar-refractivity contribution in [3.63, 3.8) is 0 Å². The van der Waals surface area contributed by atoms with Gasteiger partial charge in [-0.05, 0) is 0 Å². The maximum Gasteiger partial charge on any atom is 1.00 e. The average molecular weight is 282 g/mol. The second-order valence-corrected chi connectivity index (χ2v) is 8.79. The van der Waals surface area contributed by atoms with E-state index in [1.54, 1.807) is 5.70 Å². The first-order valence-electron chi connectivity index (χ1n) is 5.25. The normalized spacial score (nSPS) is 12.5. The van der Waals surface area contributed by atoms with Crippen LogP contribution >= 0.6 is 0 Å². The third-order valence-corrected chi connectivity index (χ3v) is 5.35. The van der Waals surface area contributed by atoms with Gasteiger partial charge in [-0.15, -0.1) is 6.08 Å². The number of hydrogen-bond donors (Lipinski definition) is 0. The molecule has 1 rings (SSSR count). The Morgan fingerprint density at radius 2 is 1.65 bits per heavy atom. The minimum Gasteiger partial charge on any atom is -0.449 e. The number of allylic oxidation sites excluding steroid dienone is 1. The second kappa shape index (κ2) is 7.30. The Morgan fingerprint density at radius 3 is 2.12 bits per heavy atom. The molecule has 0 saturated heterocycles. The second-order valence-electron chi connectivity index (χ2n) is 4.44. The molecule has 1 aromatic rings. The van der Waals surface area contributed by atoms with Crippen molar-refractivity contribution in [1.82, 2.24) is 0 Å². The summed E-state index contributed by atoms with van der Waals surface area (Å²) in [6.45, 7) is -0.607. The van der Waals surface area contributed by atoms with Gasteiger partial charge in [0.25, 0.3) is 0 Å². The zero-order valence-electron chi connectivity index (χ0n) is 10.5. The van der Waals surface area contributed by atoms with Crippen LogP contribution in [0.25, 0.3) is 0 Å². The van der Waals surface area contributed by atoms with Gasteiger partial charge in [-0.25, -0.2) is 0 Å². The summed E-state index contributed by atoms with van der Waals surface area (Å²) in [5.41, 5.74) is 1.76. The first-order valence-corrected chi connectivity index (χ1v) is 8.33. The van der Waals surface area contributed by atoms with Crippen molar-refractivity contribution in [2.75, 3.05) is 0 Å². The van der Waals surface area contributed by atoms with E-state index in [9.17, 15) is 12.9 Å². The van der Waals surface area contributed by atoms with E-state index in [0.29, 0.717) is 0 Å². The van der Waals surface area contributed by atoms with Gasteiger partial charge in [0, 0.05) is 0 Å². The van der Waals surface area contributed by atoms with Crippen LogP contribution in [0.1, 0.15) is 0 Å². The van der Waals surface area contributed by atoms with Crippen LogP contribution < -0.4 is 56.6 Å². The summed E-state index contributed by atoms with van der Waals surface area (Å²) in [5.74, 6) is 0. The fourth-order valence-electron chi connectivity index (χ4n) is 1.48. The standard InChI is InChI=1S/C11H15BF3Si.K/c1-16(2,10-6-9-12(13,14)15)11-7-4-3-5-8-11;/h3-8,10H,9H2,1-2H3;/q-1;+1/b10-6+;. The third kappa shape index (κ3) is 6.98. The molecule has 0 bridgehead atoms. The summed E-state index contributed by atoms with van der Waals surface area (Å²) in [6.07, 6.45) is 0.502. The molecule has 0 fully saturated rings. The molecule has 0 unspecified atom stereocenters. The fraction of sp³-hybridized carbons (Fsp3) is 0.273. The Balaban J connectivity index is 0.00000256. The molecule has 0 atom stereocenters. The van der Waals surface area contributed by atoms with Gasteiger partial charge in [-0.1, -0.05) is 60.6 Å². The monoisotopic (exact) mass is 282 g/mol. The molecule has 0 saturated carbocycles. The van der Waals surface area contributed by atoms with Crippen LogP contribution in [0.3, 0.4) is 0 Å². The first kappa shape index (κ1) is 17.7. The Morgan fingerprint density at radius 1 is 1.12 bits per heavy atom. The quantitative estimate of drug-likeness (QED) is 0.708. The summed E-state index contributed by atoms with van der Waals surface area (Å²) < 4.78 is 36.2. The summed E-state index contributed by atoms with van der Waals surface area (Å²) in [7, 11) is -1.85. The van der Waals surface area contributed by atoms with Crippen molar-refractivity contribution < 1.29 is 64.3 Å². The van der Waals surface area contributed by atoms with Gasteiger partial charge in [0.05, 0.1) is 0 Å². The Bertz CT molecular complexity index is 363. The van der Waals surface area contributed by atoms with E-state index in [1.165, 1.54) is 6.08 Å². The van der Waals surface area contributed by atoms with Gasteiger partial charge in [0.15, 0.2) is 0 Å². The van der Waals surface area contributed by atoms with Crippen LogP contribution in [0.2, 0.25) is 19.4 Å². The Kier molecular flexibility index (Phi) is 7.59. The molecule has 0 heterocycles. The average Bonchev–Trinajstić information content (AvgIpc) is 2.17. The van der Waals surface area contributed by atoms with Crippen LogP contribution in [0.5, 0.6) is 0 Å². The molecule has 1 aromatic carbocycles. The zero-order chi connectivity index (χ0) is 12.2. The molecule has 0 aliphatic carbocycles. The van der Waals surface area contributed by atoms with E-state index in [2.05, 4.69) is 0 Å². The molecule has 0 aromatic heterocycles. The van der Waals surface area contributed by atoms with Crippen LogP contribution in [0.4, 0.5) is 12.9 Å². The van der Waals surface area contributed by atoms with Gasteiger partial charge < -0.3 is 12.9 Å². The Hall–Kier alpha value is 0.668. The molecule has 0 nitrogen and oxygen atoms in total. The van der Waals surface area contributed by atoms with Crippen molar-refractivity contribution in [2.24, 2.45) is 0 Å². The topological polar surface area (TPSA) is 0 Å². The van der Waals surface area contributed by atoms with Gasteiger partial charge in [-0.3, -0.25) is 0 Å². The van der Waals surface area contributed by atoms with Gasteiger partial charge in [0.2, 0.25) is 0 Å². The van der Waals surface area contributed by atoms with E-state index in [4.69, 9.17) is 0 Å². The number of hydrogen-bond acceptors (Lipinski definition) is 0. The smallest absolute Gasteiger partial charge is 0.449 e. The van der Waals surface area contributed by atoms with Crippen molar-refractivity contribution in [3.05, 3.63) is 42.1 Å². The van der Waals surface area contributed by atoms with Crippen LogP contribution in [0.15, 0.2) is 42.1 Å². The predicted molar refractivity (Wildman–Crippen MR) is 66.6 cm³/mol. The Labute approximate surface area is 144 Å². The molecule has 0 aliphatic heterocycles. The maximum absolute atomic E-state index is 12.1. The van der Waals surface area contributed by atoms with Gasteiger partial charge in [0.1, 0.15) is 8.07 Å². The molecule has 0 radical (unpaired) electrons. The van der Waals surface area contributed by atoms with Crippen LogP contribution in [-0.2, 0) is 0 Å². The molecule has 6 heteroatoms. The van der Waals surface area contributed by atoms with Gasteiger partial charge in [-0.2, -0.15) is 0 Å². The summed E-state index contributed by atoms with van der Waals surface area (Å²) in [5, 5.41) is 1.15. The molecule has 17 heavy (non-hydrogen) atoms. The molecule has 0 N–H and O–H groups in total. The molecular weight excluding hydrogens is 267 g/mol.